The Kier molecular flexibility index (Phi) is 9.69. The number of benzene rings is 4. The van der Waals surface area contributed by atoms with Gasteiger partial charge >= 0.3 is 0 Å². The third kappa shape index (κ3) is 7.79. The van der Waals surface area contributed by atoms with Crippen LogP contribution in [-0.2, 0) is 0 Å². The van der Waals surface area contributed by atoms with Crippen LogP contribution in [0.1, 0.15) is 85.5 Å². The second-order valence-corrected chi connectivity index (χ2v) is 10.2. The molecule has 38 heavy (non-hydrogen) atoms. The predicted molar refractivity (Wildman–Crippen MR) is 153 cm³/mol. The smallest absolute Gasteiger partial charge is 0.115 e. The van der Waals surface area contributed by atoms with Gasteiger partial charge in [0.05, 0.1) is 0 Å². The van der Waals surface area contributed by atoms with E-state index >= 15 is 0 Å². The lowest BCUT2D eigenvalue weighted by Gasteiger charge is -2.19. The number of phenols is 4. The highest BCUT2D eigenvalue weighted by molar-refractivity contribution is 5.39. The van der Waals surface area contributed by atoms with Crippen molar-refractivity contribution >= 4 is 0 Å². The van der Waals surface area contributed by atoms with Crippen molar-refractivity contribution in [2.75, 3.05) is 0 Å². The van der Waals surface area contributed by atoms with Crippen LogP contribution >= 0.6 is 0 Å². The molecule has 0 heterocycles. The molecule has 0 aliphatic rings. The Hall–Kier alpha value is -3.92. The molecule has 0 aromatic heterocycles. The van der Waals surface area contributed by atoms with Crippen molar-refractivity contribution in [1.82, 2.24) is 0 Å². The quantitative estimate of drug-likeness (QED) is 0.136. The van der Waals surface area contributed by atoms with Crippen molar-refractivity contribution in [2.24, 2.45) is 0 Å². The van der Waals surface area contributed by atoms with Crippen LogP contribution in [0.3, 0.4) is 0 Å². The van der Waals surface area contributed by atoms with E-state index in [0.717, 1.165) is 25.7 Å². The van der Waals surface area contributed by atoms with Crippen LogP contribution in [0.5, 0.6) is 23.0 Å². The van der Waals surface area contributed by atoms with Gasteiger partial charge in [0.1, 0.15) is 23.0 Å². The van der Waals surface area contributed by atoms with E-state index in [-0.39, 0.29) is 34.8 Å². The molecule has 0 spiro atoms. The molecule has 0 bridgehead atoms. The molecule has 0 saturated heterocycles. The number of hydrogen-bond donors (Lipinski definition) is 4. The summed E-state index contributed by atoms with van der Waals surface area (Å²) in [5.74, 6) is 1.58. The average molecular weight is 511 g/mol. The number of rotatable bonds is 13. The first-order chi connectivity index (χ1) is 18.5. The first-order valence-electron chi connectivity index (χ1n) is 13.7. The number of aromatic hydroxyl groups is 4. The summed E-state index contributed by atoms with van der Waals surface area (Å²) in [5.41, 5.74) is 4.73. The second-order valence-electron chi connectivity index (χ2n) is 10.2. The maximum Gasteiger partial charge on any atom is 0.115 e. The largest absolute Gasteiger partial charge is 0.508 e. The van der Waals surface area contributed by atoms with E-state index in [4.69, 9.17) is 0 Å². The Bertz CT molecular complexity index is 1040. The summed E-state index contributed by atoms with van der Waals surface area (Å²) in [6, 6.07) is 29.9. The monoisotopic (exact) mass is 510 g/mol. The minimum Gasteiger partial charge on any atom is -0.508 e. The molecular weight excluding hydrogens is 472 g/mol. The molecule has 0 atom stereocenters. The van der Waals surface area contributed by atoms with Gasteiger partial charge in [0.25, 0.3) is 0 Å². The van der Waals surface area contributed by atoms with Crippen LogP contribution in [0.15, 0.2) is 97.1 Å². The SMILES string of the molecule is Oc1ccc(C(CCCCCCCCC(c2ccc(O)cc2)c2ccc(O)cc2)c2ccc(O)cc2)cc1. The van der Waals surface area contributed by atoms with Crippen molar-refractivity contribution in [3.63, 3.8) is 0 Å². The lowest BCUT2D eigenvalue weighted by molar-refractivity contribution is 0.473. The zero-order valence-electron chi connectivity index (χ0n) is 21.8. The molecule has 198 valence electrons. The molecule has 4 N–H and O–H groups in total. The topological polar surface area (TPSA) is 80.9 Å². The fourth-order valence-electron chi connectivity index (χ4n) is 5.28. The molecule has 4 rings (SSSR count). The molecule has 0 aliphatic heterocycles. The van der Waals surface area contributed by atoms with Gasteiger partial charge in [0.15, 0.2) is 0 Å². The van der Waals surface area contributed by atoms with Crippen LogP contribution in [0.2, 0.25) is 0 Å². The van der Waals surface area contributed by atoms with E-state index < -0.39 is 0 Å². The summed E-state index contributed by atoms with van der Waals surface area (Å²) in [4.78, 5) is 0. The Morgan fingerprint density at radius 3 is 0.763 bits per heavy atom. The van der Waals surface area contributed by atoms with Gasteiger partial charge in [-0.3, -0.25) is 0 Å². The van der Waals surface area contributed by atoms with E-state index in [9.17, 15) is 20.4 Å². The summed E-state index contributed by atoms with van der Waals surface area (Å²) in [6.45, 7) is 0. The molecule has 4 aromatic carbocycles. The average Bonchev–Trinajstić information content (AvgIpc) is 2.93. The second kappa shape index (κ2) is 13.6. The molecule has 0 saturated carbocycles. The Morgan fingerprint density at radius 2 is 0.526 bits per heavy atom. The number of unbranched alkanes of at least 4 members (excludes halogenated alkanes) is 5. The minimum absolute atomic E-state index is 0.243. The Morgan fingerprint density at radius 1 is 0.316 bits per heavy atom. The zero-order chi connectivity index (χ0) is 26.7. The molecule has 0 aliphatic carbocycles. The van der Waals surface area contributed by atoms with Crippen molar-refractivity contribution < 1.29 is 20.4 Å². The van der Waals surface area contributed by atoms with E-state index in [2.05, 4.69) is 0 Å². The zero-order valence-corrected chi connectivity index (χ0v) is 21.8. The summed E-state index contributed by atoms with van der Waals surface area (Å²) >= 11 is 0. The fraction of sp³-hybridized carbons (Fsp3) is 0.294. The maximum atomic E-state index is 9.69. The molecule has 0 radical (unpaired) electrons. The van der Waals surface area contributed by atoms with E-state index in [0.29, 0.717) is 0 Å². The first-order valence-corrected chi connectivity index (χ1v) is 13.7. The third-order valence-electron chi connectivity index (χ3n) is 7.42. The van der Waals surface area contributed by atoms with Crippen LogP contribution in [-0.4, -0.2) is 20.4 Å². The summed E-state index contributed by atoms with van der Waals surface area (Å²) in [5, 5.41) is 38.8. The van der Waals surface area contributed by atoms with Crippen LogP contribution in [0.25, 0.3) is 0 Å². The standard InChI is InChI=1S/C34H38O4/c35-29-17-9-25(10-18-29)33(26-11-19-30(36)20-12-26)7-5-3-1-2-4-6-8-34(27-13-21-31(37)22-14-27)28-15-23-32(38)24-16-28/h9-24,33-38H,1-8H2. The summed E-state index contributed by atoms with van der Waals surface area (Å²) < 4.78 is 0. The van der Waals surface area contributed by atoms with Crippen molar-refractivity contribution in [3.05, 3.63) is 119 Å². The summed E-state index contributed by atoms with van der Waals surface area (Å²) in [7, 11) is 0. The van der Waals surface area contributed by atoms with Crippen molar-refractivity contribution in [3.8, 4) is 23.0 Å². The van der Waals surface area contributed by atoms with Crippen molar-refractivity contribution in [2.45, 2.75) is 63.2 Å². The lowest BCUT2D eigenvalue weighted by Crippen LogP contribution is -2.02. The van der Waals surface area contributed by atoms with E-state index in [1.54, 1.807) is 48.5 Å². The van der Waals surface area contributed by atoms with Crippen LogP contribution in [0, 0.1) is 0 Å². The third-order valence-corrected chi connectivity index (χ3v) is 7.42. The van der Waals surface area contributed by atoms with Crippen LogP contribution in [0.4, 0.5) is 0 Å². The molecule has 4 heteroatoms. The van der Waals surface area contributed by atoms with Crippen LogP contribution < -0.4 is 0 Å². The highest BCUT2D eigenvalue weighted by atomic mass is 16.3. The van der Waals surface area contributed by atoms with Gasteiger partial charge in [0.2, 0.25) is 0 Å². The van der Waals surface area contributed by atoms with Gasteiger partial charge in [-0.15, -0.1) is 0 Å². The normalized spacial score (nSPS) is 11.3. The lowest BCUT2D eigenvalue weighted by atomic mass is 9.86. The molecule has 4 nitrogen and oxygen atoms in total. The van der Waals surface area contributed by atoms with E-state index in [1.165, 1.54) is 47.9 Å². The maximum absolute atomic E-state index is 9.69. The van der Waals surface area contributed by atoms with Gasteiger partial charge < -0.3 is 20.4 Å². The molecular formula is C34H38O4. The van der Waals surface area contributed by atoms with Crippen molar-refractivity contribution in [1.29, 1.82) is 0 Å². The highest BCUT2D eigenvalue weighted by Crippen LogP contribution is 2.34. The number of hydrogen-bond acceptors (Lipinski definition) is 4. The van der Waals surface area contributed by atoms with E-state index in [1.807, 2.05) is 48.5 Å². The van der Waals surface area contributed by atoms with Gasteiger partial charge in [-0.25, -0.2) is 0 Å². The van der Waals surface area contributed by atoms with Gasteiger partial charge in [-0.1, -0.05) is 87.1 Å². The van der Waals surface area contributed by atoms with Gasteiger partial charge in [0, 0.05) is 11.8 Å². The highest BCUT2D eigenvalue weighted by Gasteiger charge is 2.16. The number of phenolic OH excluding ortho intramolecular Hbond substituents is 4. The molecule has 0 amide bonds. The fourth-order valence-corrected chi connectivity index (χ4v) is 5.28. The molecule has 4 aromatic rings. The summed E-state index contributed by atoms with van der Waals surface area (Å²) in [6.07, 6.45) is 9.03. The Balaban J connectivity index is 1.25. The minimum atomic E-state index is 0.243. The first kappa shape index (κ1) is 27.1. The molecule has 0 unspecified atom stereocenters. The Labute approximate surface area is 225 Å². The van der Waals surface area contributed by atoms with Gasteiger partial charge in [-0.2, -0.15) is 0 Å². The van der Waals surface area contributed by atoms with Gasteiger partial charge in [-0.05, 0) is 83.6 Å². The predicted octanol–water partition coefficient (Wildman–Crippen LogP) is 8.59. The molecule has 0 fully saturated rings.